The fourth-order valence-corrected chi connectivity index (χ4v) is 2.78. The van der Waals surface area contributed by atoms with Gasteiger partial charge in [0.2, 0.25) is 0 Å². The summed E-state index contributed by atoms with van der Waals surface area (Å²) in [6.07, 6.45) is 3.86. The van der Waals surface area contributed by atoms with Gasteiger partial charge in [0.05, 0.1) is 16.7 Å². The molecule has 110 valence electrons. The van der Waals surface area contributed by atoms with E-state index in [2.05, 4.69) is 0 Å². The number of hydrogen-bond acceptors (Lipinski definition) is 4. The summed E-state index contributed by atoms with van der Waals surface area (Å²) in [6, 6.07) is 3.04. The van der Waals surface area contributed by atoms with Crippen LogP contribution in [0.15, 0.2) is 12.1 Å². The van der Waals surface area contributed by atoms with Gasteiger partial charge in [0, 0.05) is 19.2 Å². The van der Waals surface area contributed by atoms with Crippen molar-refractivity contribution in [2.24, 2.45) is 5.73 Å². The smallest absolute Gasteiger partial charge is 0.252 e. The molecule has 1 fully saturated rings. The molecule has 2 atom stereocenters. The Bertz CT molecular complexity index is 507. The first-order chi connectivity index (χ1) is 9.51. The van der Waals surface area contributed by atoms with Crippen LogP contribution in [0.1, 0.15) is 36.0 Å². The third-order valence-corrected chi connectivity index (χ3v) is 3.81. The SMILES string of the molecule is COC1CCCC(Oc2c(Cl)cc(N)cc2C(N)=O)C1. The van der Waals surface area contributed by atoms with Crippen molar-refractivity contribution >= 4 is 23.2 Å². The molecule has 1 amide bonds. The van der Waals surface area contributed by atoms with Crippen molar-refractivity contribution in [2.75, 3.05) is 12.8 Å². The Morgan fingerprint density at radius 2 is 2.05 bits per heavy atom. The van der Waals surface area contributed by atoms with Crippen LogP contribution in [0.5, 0.6) is 5.75 Å². The van der Waals surface area contributed by atoms with E-state index in [1.807, 2.05) is 0 Å². The average molecular weight is 299 g/mol. The second-order valence-corrected chi connectivity index (χ2v) is 5.42. The molecule has 5 nitrogen and oxygen atoms in total. The molecule has 4 N–H and O–H groups in total. The number of benzene rings is 1. The van der Waals surface area contributed by atoms with Crippen LogP contribution in [0, 0.1) is 0 Å². The van der Waals surface area contributed by atoms with E-state index in [0.29, 0.717) is 16.5 Å². The second-order valence-electron chi connectivity index (χ2n) is 5.01. The molecule has 20 heavy (non-hydrogen) atoms. The number of nitrogen functional groups attached to an aromatic ring is 1. The van der Waals surface area contributed by atoms with Crippen molar-refractivity contribution < 1.29 is 14.3 Å². The number of rotatable bonds is 4. The van der Waals surface area contributed by atoms with Crippen molar-refractivity contribution in [2.45, 2.75) is 37.9 Å². The van der Waals surface area contributed by atoms with Crippen LogP contribution in [-0.2, 0) is 4.74 Å². The number of hydrogen-bond donors (Lipinski definition) is 2. The standard InChI is InChI=1S/C14H19ClN2O3/c1-19-9-3-2-4-10(7-9)20-13-11(14(17)18)5-8(16)6-12(13)15/h5-6,9-10H,2-4,7,16H2,1H3,(H2,17,18). The van der Waals surface area contributed by atoms with E-state index in [-0.39, 0.29) is 17.8 Å². The largest absolute Gasteiger partial charge is 0.488 e. The van der Waals surface area contributed by atoms with E-state index >= 15 is 0 Å². The summed E-state index contributed by atoms with van der Waals surface area (Å²) in [7, 11) is 1.69. The summed E-state index contributed by atoms with van der Waals surface area (Å²) in [4.78, 5) is 11.5. The van der Waals surface area contributed by atoms with Crippen LogP contribution in [0.4, 0.5) is 5.69 Å². The number of carbonyl (C=O) groups excluding carboxylic acids is 1. The van der Waals surface area contributed by atoms with Crippen LogP contribution in [0.2, 0.25) is 5.02 Å². The quantitative estimate of drug-likeness (QED) is 0.835. The highest BCUT2D eigenvalue weighted by molar-refractivity contribution is 6.33. The molecule has 1 aliphatic rings. The summed E-state index contributed by atoms with van der Waals surface area (Å²) in [5.41, 5.74) is 11.6. The van der Waals surface area contributed by atoms with Gasteiger partial charge in [-0.2, -0.15) is 0 Å². The van der Waals surface area contributed by atoms with E-state index in [1.165, 1.54) is 6.07 Å². The van der Waals surface area contributed by atoms with Gasteiger partial charge in [-0.05, 0) is 31.4 Å². The van der Waals surface area contributed by atoms with Gasteiger partial charge in [0.1, 0.15) is 6.10 Å². The van der Waals surface area contributed by atoms with Crippen LogP contribution in [0.25, 0.3) is 0 Å². The Kier molecular flexibility index (Phi) is 4.73. The third kappa shape index (κ3) is 3.35. The first-order valence-electron chi connectivity index (χ1n) is 6.59. The minimum atomic E-state index is -0.603. The van der Waals surface area contributed by atoms with Gasteiger partial charge in [-0.15, -0.1) is 0 Å². The Hall–Kier alpha value is -1.46. The maximum absolute atomic E-state index is 11.5. The molecule has 2 unspecified atom stereocenters. The molecule has 0 aromatic heterocycles. The Morgan fingerprint density at radius 3 is 2.70 bits per heavy atom. The minimum Gasteiger partial charge on any atom is -0.488 e. The topological polar surface area (TPSA) is 87.6 Å². The molecule has 0 heterocycles. The van der Waals surface area contributed by atoms with Gasteiger partial charge in [-0.1, -0.05) is 11.6 Å². The van der Waals surface area contributed by atoms with E-state index in [0.717, 1.165) is 25.7 Å². The van der Waals surface area contributed by atoms with Crippen LogP contribution in [-0.4, -0.2) is 25.2 Å². The molecule has 6 heteroatoms. The summed E-state index contributed by atoms with van der Waals surface area (Å²) in [5.74, 6) is -0.288. The molecule has 0 spiro atoms. The van der Waals surface area contributed by atoms with Gasteiger partial charge in [0.25, 0.3) is 5.91 Å². The Labute approximate surface area is 123 Å². The van der Waals surface area contributed by atoms with E-state index < -0.39 is 5.91 Å². The average Bonchev–Trinajstić information content (AvgIpc) is 2.41. The van der Waals surface area contributed by atoms with Gasteiger partial charge in [0.15, 0.2) is 5.75 Å². The van der Waals surface area contributed by atoms with Crippen LogP contribution >= 0.6 is 11.6 Å². The maximum atomic E-state index is 11.5. The molecule has 1 aromatic rings. The van der Waals surface area contributed by atoms with Crippen molar-refractivity contribution in [3.63, 3.8) is 0 Å². The summed E-state index contributed by atoms with van der Waals surface area (Å²) in [6.45, 7) is 0. The molecule has 0 aliphatic heterocycles. The number of primary amides is 1. The van der Waals surface area contributed by atoms with Crippen molar-refractivity contribution in [3.05, 3.63) is 22.7 Å². The number of anilines is 1. The predicted molar refractivity (Wildman–Crippen MR) is 78.1 cm³/mol. The molecule has 0 bridgehead atoms. The Morgan fingerprint density at radius 1 is 1.35 bits per heavy atom. The summed E-state index contributed by atoms with van der Waals surface area (Å²) >= 11 is 6.12. The Balaban J connectivity index is 2.22. The number of amides is 1. The van der Waals surface area contributed by atoms with Gasteiger partial charge >= 0.3 is 0 Å². The molecular formula is C14H19ClN2O3. The van der Waals surface area contributed by atoms with Gasteiger partial charge in [-0.25, -0.2) is 0 Å². The van der Waals surface area contributed by atoms with E-state index in [4.69, 9.17) is 32.5 Å². The van der Waals surface area contributed by atoms with Crippen molar-refractivity contribution in [1.82, 2.24) is 0 Å². The molecule has 0 saturated heterocycles. The zero-order chi connectivity index (χ0) is 14.7. The van der Waals surface area contributed by atoms with Crippen LogP contribution in [0.3, 0.4) is 0 Å². The first kappa shape index (κ1) is 14.9. The lowest BCUT2D eigenvalue weighted by Gasteiger charge is -2.29. The normalized spacial score (nSPS) is 22.5. The summed E-state index contributed by atoms with van der Waals surface area (Å²) < 4.78 is 11.3. The molecular weight excluding hydrogens is 280 g/mol. The maximum Gasteiger partial charge on any atom is 0.252 e. The molecule has 1 saturated carbocycles. The van der Waals surface area contributed by atoms with Crippen molar-refractivity contribution in [1.29, 1.82) is 0 Å². The minimum absolute atomic E-state index is 0.0343. The lowest BCUT2D eigenvalue weighted by Crippen LogP contribution is -2.30. The monoisotopic (exact) mass is 298 g/mol. The van der Waals surface area contributed by atoms with E-state index in [9.17, 15) is 4.79 Å². The highest BCUT2D eigenvalue weighted by Crippen LogP contribution is 2.34. The van der Waals surface area contributed by atoms with Gasteiger partial charge < -0.3 is 20.9 Å². The number of carbonyl (C=O) groups is 1. The molecule has 1 aromatic carbocycles. The van der Waals surface area contributed by atoms with Gasteiger partial charge in [-0.3, -0.25) is 4.79 Å². The summed E-state index contributed by atoms with van der Waals surface area (Å²) in [5, 5.41) is 0.304. The number of ether oxygens (including phenoxy) is 2. The highest BCUT2D eigenvalue weighted by Gasteiger charge is 2.25. The first-order valence-corrected chi connectivity index (χ1v) is 6.97. The zero-order valence-electron chi connectivity index (χ0n) is 11.4. The van der Waals surface area contributed by atoms with Crippen molar-refractivity contribution in [3.8, 4) is 5.75 Å². The predicted octanol–water partition coefficient (Wildman–Crippen LogP) is 2.36. The fourth-order valence-electron chi connectivity index (χ4n) is 2.51. The fraction of sp³-hybridized carbons (Fsp3) is 0.500. The number of nitrogens with two attached hydrogens (primary N) is 2. The van der Waals surface area contributed by atoms with E-state index in [1.54, 1.807) is 13.2 Å². The molecule has 1 aliphatic carbocycles. The number of methoxy groups -OCH3 is 1. The second kappa shape index (κ2) is 6.33. The molecule has 0 radical (unpaired) electrons. The lowest BCUT2D eigenvalue weighted by atomic mass is 9.95. The zero-order valence-corrected chi connectivity index (χ0v) is 12.2. The number of halogens is 1. The highest BCUT2D eigenvalue weighted by atomic mass is 35.5. The van der Waals surface area contributed by atoms with Crippen LogP contribution < -0.4 is 16.2 Å². The third-order valence-electron chi connectivity index (χ3n) is 3.53. The lowest BCUT2D eigenvalue weighted by molar-refractivity contribution is 0.0207. The molecule has 2 rings (SSSR count).